The Morgan fingerprint density at radius 1 is 1.58 bits per heavy atom. The van der Waals surface area contributed by atoms with E-state index in [0.29, 0.717) is 11.2 Å². The molecule has 0 N–H and O–H groups in total. The molecule has 0 aromatic heterocycles. The monoisotopic (exact) mass is 166 g/mol. The Labute approximate surface area is 74.5 Å². The molecule has 0 aliphatic heterocycles. The first-order chi connectivity index (χ1) is 5.77. The van der Waals surface area contributed by atoms with Crippen LogP contribution in [0, 0.1) is 11.3 Å². The van der Waals surface area contributed by atoms with Gasteiger partial charge in [0.05, 0.1) is 0 Å². The largest absolute Gasteiger partial charge is 0.300 e. The maximum absolute atomic E-state index is 11.3. The molecule has 0 aromatic carbocycles. The van der Waals surface area contributed by atoms with Crippen molar-refractivity contribution in [3.8, 4) is 0 Å². The molecule has 2 atom stereocenters. The maximum Gasteiger partial charge on any atom is 0.133 e. The Morgan fingerprint density at radius 2 is 2.42 bits per heavy atom. The summed E-state index contributed by atoms with van der Waals surface area (Å²) in [5.41, 5.74) is 0.519. The van der Waals surface area contributed by atoms with Gasteiger partial charge in [0.15, 0.2) is 0 Å². The minimum absolute atomic E-state index is 0.519. The van der Waals surface area contributed by atoms with Gasteiger partial charge in [0.25, 0.3) is 0 Å². The molecular formula is C11H18O. The number of hydrogen-bond acceptors (Lipinski definition) is 1. The number of Topliss-reactive ketones (excluding diaryl/α,β-unsaturated/α-hetero) is 1. The number of rotatable bonds is 3. The summed E-state index contributed by atoms with van der Waals surface area (Å²) in [6.45, 7) is 2.23. The van der Waals surface area contributed by atoms with Crippen LogP contribution >= 0.6 is 0 Å². The van der Waals surface area contributed by atoms with Crippen LogP contribution in [0.5, 0.6) is 0 Å². The van der Waals surface area contributed by atoms with Crippen LogP contribution in [0.4, 0.5) is 0 Å². The fraction of sp³-hybridized carbons (Fsp3) is 0.909. The van der Waals surface area contributed by atoms with Crippen molar-refractivity contribution in [1.29, 1.82) is 0 Å². The second-order valence-electron chi connectivity index (χ2n) is 4.62. The molecule has 0 spiro atoms. The van der Waals surface area contributed by atoms with Crippen molar-refractivity contribution in [3.05, 3.63) is 0 Å². The summed E-state index contributed by atoms with van der Waals surface area (Å²) in [5, 5.41) is 0. The van der Waals surface area contributed by atoms with Gasteiger partial charge in [0.1, 0.15) is 5.78 Å². The smallest absolute Gasteiger partial charge is 0.133 e. The van der Waals surface area contributed by atoms with E-state index in [1.54, 1.807) is 0 Å². The van der Waals surface area contributed by atoms with Gasteiger partial charge >= 0.3 is 0 Å². The van der Waals surface area contributed by atoms with Crippen LogP contribution < -0.4 is 0 Å². The average molecular weight is 166 g/mol. The van der Waals surface area contributed by atoms with Crippen molar-refractivity contribution in [1.82, 2.24) is 0 Å². The van der Waals surface area contributed by atoms with Gasteiger partial charge in [0.2, 0.25) is 0 Å². The maximum atomic E-state index is 11.3. The molecule has 12 heavy (non-hydrogen) atoms. The van der Waals surface area contributed by atoms with E-state index < -0.39 is 0 Å². The minimum Gasteiger partial charge on any atom is -0.300 e. The van der Waals surface area contributed by atoms with Gasteiger partial charge in [0, 0.05) is 12.8 Å². The normalized spacial score (nSPS) is 39.4. The Morgan fingerprint density at radius 3 is 3.17 bits per heavy atom. The van der Waals surface area contributed by atoms with Gasteiger partial charge in [-0.1, -0.05) is 19.8 Å². The van der Waals surface area contributed by atoms with E-state index in [1.807, 2.05) is 0 Å². The molecule has 0 bridgehead atoms. The molecule has 0 radical (unpaired) electrons. The van der Waals surface area contributed by atoms with Crippen molar-refractivity contribution < 1.29 is 4.79 Å². The van der Waals surface area contributed by atoms with E-state index in [9.17, 15) is 4.79 Å². The number of carbonyl (C=O) groups is 1. The molecule has 2 fully saturated rings. The molecule has 0 heterocycles. The first kappa shape index (κ1) is 8.28. The van der Waals surface area contributed by atoms with E-state index in [0.717, 1.165) is 18.8 Å². The molecular weight excluding hydrogens is 148 g/mol. The topological polar surface area (TPSA) is 17.1 Å². The van der Waals surface area contributed by atoms with Gasteiger partial charge in [-0.25, -0.2) is 0 Å². The highest BCUT2D eigenvalue weighted by atomic mass is 16.1. The number of fused-ring (bicyclic) bond motifs is 1. The lowest BCUT2D eigenvalue weighted by Crippen LogP contribution is -2.17. The third-order valence-corrected chi connectivity index (χ3v) is 3.71. The van der Waals surface area contributed by atoms with Gasteiger partial charge in [-0.05, 0) is 30.6 Å². The predicted molar refractivity (Wildman–Crippen MR) is 48.9 cm³/mol. The molecule has 2 saturated carbocycles. The Balaban J connectivity index is 1.91. The van der Waals surface area contributed by atoms with Crippen LogP contribution in [0.2, 0.25) is 0 Å². The molecule has 0 aromatic rings. The summed E-state index contributed by atoms with van der Waals surface area (Å²) in [6.07, 6.45) is 8.27. The quantitative estimate of drug-likeness (QED) is 0.630. The molecule has 68 valence electrons. The minimum atomic E-state index is 0.519. The van der Waals surface area contributed by atoms with Gasteiger partial charge in [-0.15, -0.1) is 0 Å². The molecule has 1 heteroatoms. The van der Waals surface area contributed by atoms with Crippen LogP contribution in [0.25, 0.3) is 0 Å². The van der Waals surface area contributed by atoms with Crippen molar-refractivity contribution in [2.24, 2.45) is 11.3 Å². The summed E-state index contributed by atoms with van der Waals surface area (Å²) < 4.78 is 0. The number of unbranched alkanes of at least 4 members (excludes halogenated alkanes) is 1. The molecule has 2 aliphatic rings. The molecule has 0 amide bonds. The van der Waals surface area contributed by atoms with E-state index in [-0.39, 0.29) is 0 Å². The van der Waals surface area contributed by atoms with Gasteiger partial charge in [-0.3, -0.25) is 4.79 Å². The van der Waals surface area contributed by atoms with Crippen LogP contribution in [0.3, 0.4) is 0 Å². The lowest BCUT2D eigenvalue weighted by molar-refractivity contribution is -0.121. The van der Waals surface area contributed by atoms with Crippen LogP contribution in [-0.4, -0.2) is 5.78 Å². The standard InChI is InChI=1S/C11H18O/c1-2-3-6-11-7-9(11)4-5-10(12)8-11/h9H,2-8H2,1H3. The van der Waals surface area contributed by atoms with Crippen molar-refractivity contribution >= 4 is 5.78 Å². The van der Waals surface area contributed by atoms with Gasteiger partial charge < -0.3 is 0 Å². The fourth-order valence-corrected chi connectivity index (χ4v) is 2.80. The molecule has 2 rings (SSSR count). The summed E-state index contributed by atoms with van der Waals surface area (Å²) in [4.78, 5) is 11.3. The van der Waals surface area contributed by atoms with Crippen molar-refractivity contribution in [3.63, 3.8) is 0 Å². The molecule has 2 aliphatic carbocycles. The lowest BCUT2D eigenvalue weighted by Gasteiger charge is -2.20. The zero-order chi connectivity index (χ0) is 8.60. The molecule has 0 saturated heterocycles. The van der Waals surface area contributed by atoms with E-state index in [1.165, 1.54) is 32.1 Å². The van der Waals surface area contributed by atoms with Crippen LogP contribution in [0.15, 0.2) is 0 Å². The van der Waals surface area contributed by atoms with E-state index in [2.05, 4.69) is 6.92 Å². The summed E-state index contributed by atoms with van der Waals surface area (Å²) >= 11 is 0. The van der Waals surface area contributed by atoms with Crippen molar-refractivity contribution in [2.75, 3.05) is 0 Å². The van der Waals surface area contributed by atoms with E-state index >= 15 is 0 Å². The molecule has 2 unspecified atom stereocenters. The second-order valence-corrected chi connectivity index (χ2v) is 4.62. The SMILES string of the molecule is CCCCC12CC(=O)CCC1C2. The molecule has 1 nitrogen and oxygen atoms in total. The van der Waals surface area contributed by atoms with Gasteiger partial charge in [-0.2, -0.15) is 0 Å². The average Bonchev–Trinajstić information content (AvgIpc) is 2.75. The Kier molecular flexibility index (Phi) is 1.97. The predicted octanol–water partition coefficient (Wildman–Crippen LogP) is 2.94. The van der Waals surface area contributed by atoms with Crippen molar-refractivity contribution in [2.45, 2.75) is 51.9 Å². The summed E-state index contributed by atoms with van der Waals surface area (Å²) in [5.74, 6) is 1.46. The lowest BCUT2D eigenvalue weighted by atomic mass is 9.84. The fourth-order valence-electron chi connectivity index (χ4n) is 2.80. The summed E-state index contributed by atoms with van der Waals surface area (Å²) in [7, 11) is 0. The number of ketones is 1. The van der Waals surface area contributed by atoms with Crippen LogP contribution in [0.1, 0.15) is 51.9 Å². The summed E-state index contributed by atoms with van der Waals surface area (Å²) in [6, 6.07) is 0. The number of hydrogen-bond donors (Lipinski definition) is 0. The third kappa shape index (κ3) is 1.30. The Hall–Kier alpha value is -0.330. The first-order valence-electron chi connectivity index (χ1n) is 5.28. The Bertz CT molecular complexity index is 197. The highest BCUT2D eigenvalue weighted by Gasteiger charge is 2.55. The first-order valence-corrected chi connectivity index (χ1v) is 5.28. The third-order valence-electron chi connectivity index (χ3n) is 3.71. The highest BCUT2D eigenvalue weighted by molar-refractivity contribution is 5.80. The highest BCUT2D eigenvalue weighted by Crippen LogP contribution is 2.63. The van der Waals surface area contributed by atoms with Crippen LogP contribution in [-0.2, 0) is 4.79 Å². The zero-order valence-electron chi connectivity index (χ0n) is 7.94. The number of carbonyl (C=O) groups excluding carboxylic acids is 1. The second kappa shape index (κ2) is 2.86. The van der Waals surface area contributed by atoms with E-state index in [4.69, 9.17) is 0 Å². The zero-order valence-corrected chi connectivity index (χ0v) is 7.94.